The van der Waals surface area contributed by atoms with Gasteiger partial charge in [0.05, 0.1) is 12.5 Å². The van der Waals surface area contributed by atoms with Crippen LogP contribution in [0.15, 0.2) is 33.5 Å². The molecule has 0 bridgehead atoms. The fourth-order valence-electron chi connectivity index (χ4n) is 3.13. The standard InChI is InChI=1S/C18H18O3/c1-5-13-10(2)8-15-14-7-6-12(20-4)9-16(14)21-18(19)17(15)11(13)3/h6-9H,5H2,1-4H3. The molecule has 0 radical (unpaired) electrons. The van der Waals surface area contributed by atoms with E-state index in [-0.39, 0.29) is 5.63 Å². The Balaban J connectivity index is 2.53. The highest BCUT2D eigenvalue weighted by molar-refractivity contribution is 6.06. The molecule has 3 rings (SSSR count). The zero-order valence-electron chi connectivity index (χ0n) is 12.7. The lowest BCUT2D eigenvalue weighted by Gasteiger charge is -2.12. The summed E-state index contributed by atoms with van der Waals surface area (Å²) in [6.45, 7) is 6.20. The van der Waals surface area contributed by atoms with E-state index < -0.39 is 0 Å². The first kappa shape index (κ1) is 13.7. The summed E-state index contributed by atoms with van der Waals surface area (Å²) in [4.78, 5) is 12.4. The number of benzene rings is 2. The molecule has 0 saturated carbocycles. The molecule has 3 nitrogen and oxygen atoms in total. The average molecular weight is 282 g/mol. The first-order valence-corrected chi connectivity index (χ1v) is 7.10. The van der Waals surface area contributed by atoms with Gasteiger partial charge >= 0.3 is 5.63 Å². The van der Waals surface area contributed by atoms with Crippen LogP contribution in [-0.2, 0) is 6.42 Å². The van der Waals surface area contributed by atoms with Crippen molar-refractivity contribution < 1.29 is 9.15 Å². The molecule has 0 unspecified atom stereocenters. The molecule has 0 aliphatic carbocycles. The van der Waals surface area contributed by atoms with Crippen molar-refractivity contribution in [1.29, 1.82) is 0 Å². The van der Waals surface area contributed by atoms with Gasteiger partial charge in [0.25, 0.3) is 0 Å². The van der Waals surface area contributed by atoms with E-state index in [1.54, 1.807) is 13.2 Å². The third-order valence-electron chi connectivity index (χ3n) is 4.17. The second-order valence-corrected chi connectivity index (χ2v) is 5.32. The lowest BCUT2D eigenvalue weighted by Crippen LogP contribution is -2.05. The molecule has 0 spiro atoms. The first-order chi connectivity index (χ1) is 10.1. The van der Waals surface area contributed by atoms with Crippen LogP contribution in [0.2, 0.25) is 0 Å². The maximum absolute atomic E-state index is 12.4. The maximum atomic E-state index is 12.4. The molecular weight excluding hydrogens is 264 g/mol. The molecule has 0 atom stereocenters. The van der Waals surface area contributed by atoms with Gasteiger partial charge in [-0.3, -0.25) is 0 Å². The zero-order chi connectivity index (χ0) is 15.1. The van der Waals surface area contributed by atoms with Crippen molar-refractivity contribution in [1.82, 2.24) is 0 Å². The van der Waals surface area contributed by atoms with Crippen LogP contribution in [0, 0.1) is 13.8 Å². The number of rotatable bonds is 2. The maximum Gasteiger partial charge on any atom is 0.344 e. The smallest absolute Gasteiger partial charge is 0.344 e. The summed E-state index contributed by atoms with van der Waals surface area (Å²) in [6, 6.07) is 7.69. The van der Waals surface area contributed by atoms with Crippen molar-refractivity contribution in [2.45, 2.75) is 27.2 Å². The molecule has 21 heavy (non-hydrogen) atoms. The Kier molecular flexibility index (Phi) is 3.20. The summed E-state index contributed by atoms with van der Waals surface area (Å²) in [6.07, 6.45) is 0.910. The van der Waals surface area contributed by atoms with E-state index in [1.165, 1.54) is 11.1 Å². The van der Waals surface area contributed by atoms with Gasteiger partial charge in [-0.25, -0.2) is 4.79 Å². The number of fused-ring (bicyclic) bond motifs is 3. The lowest BCUT2D eigenvalue weighted by atomic mass is 9.93. The summed E-state index contributed by atoms with van der Waals surface area (Å²) in [5.41, 5.74) is 3.75. The van der Waals surface area contributed by atoms with Crippen LogP contribution in [0.1, 0.15) is 23.6 Å². The summed E-state index contributed by atoms with van der Waals surface area (Å²) < 4.78 is 10.7. The van der Waals surface area contributed by atoms with Gasteiger partial charge in [-0.15, -0.1) is 0 Å². The normalized spacial score (nSPS) is 11.2. The number of hydrogen-bond acceptors (Lipinski definition) is 3. The van der Waals surface area contributed by atoms with Gasteiger partial charge in [-0.1, -0.05) is 13.0 Å². The minimum absolute atomic E-state index is 0.280. The van der Waals surface area contributed by atoms with Crippen molar-refractivity contribution in [3.63, 3.8) is 0 Å². The minimum Gasteiger partial charge on any atom is -0.497 e. The van der Waals surface area contributed by atoms with Gasteiger partial charge in [0.15, 0.2) is 0 Å². The van der Waals surface area contributed by atoms with E-state index >= 15 is 0 Å². The minimum atomic E-state index is -0.280. The van der Waals surface area contributed by atoms with E-state index in [4.69, 9.17) is 9.15 Å². The van der Waals surface area contributed by atoms with E-state index in [0.717, 1.165) is 22.8 Å². The fourth-order valence-corrected chi connectivity index (χ4v) is 3.13. The third kappa shape index (κ3) is 2.00. The van der Waals surface area contributed by atoms with Crippen LogP contribution in [0.5, 0.6) is 5.75 Å². The molecular formula is C18H18O3. The van der Waals surface area contributed by atoms with Crippen molar-refractivity contribution in [2.24, 2.45) is 0 Å². The molecule has 3 heteroatoms. The summed E-state index contributed by atoms with van der Waals surface area (Å²) in [5.74, 6) is 0.684. The van der Waals surface area contributed by atoms with Gasteiger partial charge in [-0.2, -0.15) is 0 Å². The van der Waals surface area contributed by atoms with E-state index in [9.17, 15) is 4.79 Å². The van der Waals surface area contributed by atoms with Crippen LogP contribution >= 0.6 is 0 Å². The fraction of sp³-hybridized carbons (Fsp3) is 0.278. The molecule has 0 fully saturated rings. The second-order valence-electron chi connectivity index (χ2n) is 5.32. The van der Waals surface area contributed by atoms with Crippen molar-refractivity contribution in [2.75, 3.05) is 7.11 Å². The van der Waals surface area contributed by atoms with E-state index in [0.29, 0.717) is 16.7 Å². The predicted molar refractivity (Wildman–Crippen MR) is 85.4 cm³/mol. The molecule has 0 amide bonds. The average Bonchev–Trinajstić information content (AvgIpc) is 2.46. The highest BCUT2D eigenvalue weighted by Crippen LogP contribution is 2.30. The Bertz CT molecular complexity index is 904. The quantitative estimate of drug-likeness (QED) is 0.524. The summed E-state index contributed by atoms with van der Waals surface area (Å²) >= 11 is 0. The molecule has 0 aliphatic heterocycles. The number of methoxy groups -OCH3 is 1. The Hall–Kier alpha value is -2.29. The van der Waals surface area contributed by atoms with Crippen LogP contribution in [-0.4, -0.2) is 7.11 Å². The Morgan fingerprint density at radius 2 is 1.90 bits per heavy atom. The van der Waals surface area contributed by atoms with Gasteiger partial charge in [0.1, 0.15) is 11.3 Å². The van der Waals surface area contributed by atoms with Crippen LogP contribution in [0.4, 0.5) is 0 Å². The Labute approximate surface area is 123 Å². The topological polar surface area (TPSA) is 39.4 Å². The van der Waals surface area contributed by atoms with Gasteiger partial charge < -0.3 is 9.15 Å². The van der Waals surface area contributed by atoms with Crippen LogP contribution in [0.25, 0.3) is 21.7 Å². The molecule has 0 N–H and O–H groups in total. The zero-order valence-corrected chi connectivity index (χ0v) is 12.7. The van der Waals surface area contributed by atoms with Crippen LogP contribution in [0.3, 0.4) is 0 Å². The largest absolute Gasteiger partial charge is 0.497 e. The first-order valence-electron chi connectivity index (χ1n) is 7.10. The predicted octanol–water partition coefficient (Wildman–Crippen LogP) is 4.13. The van der Waals surface area contributed by atoms with Gasteiger partial charge in [-0.05, 0) is 49.1 Å². The monoisotopic (exact) mass is 282 g/mol. The lowest BCUT2D eigenvalue weighted by molar-refractivity contribution is 0.414. The molecule has 2 aromatic carbocycles. The van der Waals surface area contributed by atoms with Crippen molar-refractivity contribution in [3.8, 4) is 5.75 Å². The third-order valence-corrected chi connectivity index (χ3v) is 4.17. The molecule has 1 aromatic heterocycles. The second kappa shape index (κ2) is 4.92. The number of hydrogen-bond donors (Lipinski definition) is 0. The summed E-state index contributed by atoms with van der Waals surface area (Å²) in [7, 11) is 1.60. The van der Waals surface area contributed by atoms with Crippen molar-refractivity contribution >= 4 is 21.7 Å². The molecule has 1 heterocycles. The van der Waals surface area contributed by atoms with Gasteiger partial charge in [0, 0.05) is 16.8 Å². The number of aryl methyl sites for hydroxylation is 2. The van der Waals surface area contributed by atoms with Crippen LogP contribution < -0.4 is 10.4 Å². The van der Waals surface area contributed by atoms with E-state index in [1.807, 2.05) is 19.1 Å². The SMILES string of the molecule is CCc1c(C)cc2c(c1C)c(=O)oc1cc(OC)ccc12. The molecule has 0 aliphatic rings. The highest BCUT2D eigenvalue weighted by Gasteiger charge is 2.14. The molecule has 108 valence electrons. The Morgan fingerprint density at radius 3 is 2.57 bits per heavy atom. The highest BCUT2D eigenvalue weighted by atomic mass is 16.5. The van der Waals surface area contributed by atoms with Gasteiger partial charge in [0.2, 0.25) is 0 Å². The Morgan fingerprint density at radius 1 is 1.14 bits per heavy atom. The number of ether oxygens (including phenoxy) is 1. The molecule has 3 aromatic rings. The summed E-state index contributed by atoms with van der Waals surface area (Å²) in [5, 5.41) is 2.59. The molecule has 0 saturated heterocycles. The van der Waals surface area contributed by atoms with E-state index in [2.05, 4.69) is 19.9 Å². The van der Waals surface area contributed by atoms with Crippen molar-refractivity contribution in [3.05, 3.63) is 51.4 Å².